The fourth-order valence-corrected chi connectivity index (χ4v) is 2.07. The van der Waals surface area contributed by atoms with E-state index in [0.717, 1.165) is 12.1 Å². The standard InChI is InChI=1S/C15H9F2N3O2/c16-9-5-3-6-10(17)13(9)19-14(21)12-8-4-1-2-7-11(8)18-15(22)20-12/h1-7H,(H,19,21)(H,18,20,22). The van der Waals surface area contributed by atoms with Crippen LogP contribution in [0.3, 0.4) is 0 Å². The Morgan fingerprint density at radius 2 is 1.73 bits per heavy atom. The highest BCUT2D eigenvalue weighted by molar-refractivity contribution is 6.10. The number of anilines is 1. The summed E-state index contributed by atoms with van der Waals surface area (Å²) in [4.78, 5) is 29.8. The Labute approximate surface area is 122 Å². The molecule has 0 spiro atoms. The van der Waals surface area contributed by atoms with Crippen molar-refractivity contribution in [1.29, 1.82) is 0 Å². The predicted octanol–water partition coefficient (Wildman–Crippen LogP) is 2.45. The maximum atomic E-state index is 13.6. The molecule has 0 fully saturated rings. The van der Waals surface area contributed by atoms with Crippen LogP contribution in [0, 0.1) is 11.6 Å². The zero-order chi connectivity index (χ0) is 15.7. The first-order valence-corrected chi connectivity index (χ1v) is 6.30. The smallest absolute Gasteiger partial charge is 0.316 e. The summed E-state index contributed by atoms with van der Waals surface area (Å²) in [6.45, 7) is 0. The largest absolute Gasteiger partial charge is 0.346 e. The maximum Gasteiger partial charge on any atom is 0.346 e. The van der Waals surface area contributed by atoms with E-state index in [9.17, 15) is 18.4 Å². The molecule has 0 saturated carbocycles. The molecule has 1 heterocycles. The first-order valence-electron chi connectivity index (χ1n) is 6.30. The van der Waals surface area contributed by atoms with Crippen molar-refractivity contribution >= 4 is 22.5 Å². The zero-order valence-corrected chi connectivity index (χ0v) is 11.1. The predicted molar refractivity (Wildman–Crippen MR) is 76.7 cm³/mol. The van der Waals surface area contributed by atoms with Crippen LogP contribution in [0.25, 0.3) is 10.9 Å². The molecule has 0 aliphatic heterocycles. The van der Waals surface area contributed by atoms with Gasteiger partial charge in [-0.15, -0.1) is 0 Å². The summed E-state index contributed by atoms with van der Waals surface area (Å²) in [7, 11) is 0. The molecule has 7 heteroatoms. The van der Waals surface area contributed by atoms with Crippen LogP contribution >= 0.6 is 0 Å². The monoisotopic (exact) mass is 301 g/mol. The summed E-state index contributed by atoms with van der Waals surface area (Å²) >= 11 is 0. The molecule has 3 rings (SSSR count). The third-order valence-corrected chi connectivity index (χ3v) is 3.05. The Hall–Kier alpha value is -3.09. The Balaban J connectivity index is 2.08. The summed E-state index contributed by atoms with van der Waals surface area (Å²) in [6, 6.07) is 9.72. The molecule has 5 nitrogen and oxygen atoms in total. The molecule has 0 atom stereocenters. The van der Waals surface area contributed by atoms with E-state index >= 15 is 0 Å². The van der Waals surface area contributed by atoms with Gasteiger partial charge < -0.3 is 10.3 Å². The van der Waals surface area contributed by atoms with Crippen molar-refractivity contribution in [2.45, 2.75) is 0 Å². The van der Waals surface area contributed by atoms with Gasteiger partial charge in [-0.05, 0) is 18.2 Å². The van der Waals surface area contributed by atoms with Crippen molar-refractivity contribution in [2.75, 3.05) is 5.32 Å². The second-order valence-electron chi connectivity index (χ2n) is 4.49. The topological polar surface area (TPSA) is 74.8 Å². The highest BCUT2D eigenvalue weighted by Gasteiger charge is 2.17. The fourth-order valence-electron chi connectivity index (χ4n) is 2.07. The Morgan fingerprint density at radius 1 is 1.05 bits per heavy atom. The summed E-state index contributed by atoms with van der Waals surface area (Å²) in [5.74, 6) is -2.70. The number of aromatic nitrogens is 2. The number of nitrogens with one attached hydrogen (secondary N) is 2. The van der Waals surface area contributed by atoms with Gasteiger partial charge in [-0.3, -0.25) is 4.79 Å². The maximum absolute atomic E-state index is 13.6. The molecule has 0 radical (unpaired) electrons. The van der Waals surface area contributed by atoms with E-state index in [1.54, 1.807) is 24.3 Å². The van der Waals surface area contributed by atoms with Crippen LogP contribution in [0.4, 0.5) is 14.5 Å². The molecule has 2 aromatic carbocycles. The van der Waals surface area contributed by atoms with Crippen molar-refractivity contribution in [2.24, 2.45) is 0 Å². The summed E-state index contributed by atoms with van der Waals surface area (Å²) in [5.41, 5.74) is -1.11. The lowest BCUT2D eigenvalue weighted by Crippen LogP contribution is -2.22. The van der Waals surface area contributed by atoms with Gasteiger partial charge in [-0.2, -0.15) is 4.98 Å². The highest BCUT2D eigenvalue weighted by atomic mass is 19.1. The molecule has 0 unspecified atom stereocenters. The van der Waals surface area contributed by atoms with Gasteiger partial charge in [-0.25, -0.2) is 13.6 Å². The average Bonchev–Trinajstić information content (AvgIpc) is 2.50. The van der Waals surface area contributed by atoms with Crippen LogP contribution in [0.1, 0.15) is 10.5 Å². The number of carbonyl (C=O) groups is 1. The number of benzene rings is 2. The number of H-pyrrole nitrogens is 1. The number of rotatable bonds is 2. The summed E-state index contributed by atoms with van der Waals surface area (Å²) in [5, 5.41) is 2.48. The van der Waals surface area contributed by atoms with Crippen molar-refractivity contribution in [3.05, 3.63) is 70.3 Å². The average molecular weight is 301 g/mol. The van der Waals surface area contributed by atoms with Gasteiger partial charge in [0, 0.05) is 5.39 Å². The minimum atomic E-state index is -0.914. The minimum Gasteiger partial charge on any atom is -0.316 e. The zero-order valence-electron chi connectivity index (χ0n) is 11.1. The van der Waals surface area contributed by atoms with E-state index in [4.69, 9.17) is 0 Å². The van der Waals surface area contributed by atoms with Crippen LogP contribution in [0.5, 0.6) is 0 Å². The number of halogens is 2. The van der Waals surface area contributed by atoms with Gasteiger partial charge in [0.1, 0.15) is 23.0 Å². The number of nitrogens with zero attached hydrogens (tertiary/aromatic N) is 1. The second kappa shape index (κ2) is 5.36. The molecule has 0 aliphatic rings. The Morgan fingerprint density at radius 3 is 2.45 bits per heavy atom. The lowest BCUT2D eigenvalue weighted by Gasteiger charge is -2.08. The minimum absolute atomic E-state index is 0.206. The lowest BCUT2D eigenvalue weighted by atomic mass is 10.1. The molecule has 1 aromatic heterocycles. The molecule has 3 aromatic rings. The number of amides is 1. The van der Waals surface area contributed by atoms with Gasteiger partial charge in [-0.1, -0.05) is 24.3 Å². The molecule has 2 N–H and O–H groups in total. The SMILES string of the molecule is O=C(Nc1c(F)cccc1F)c1nc(=O)[nH]c2ccccc12. The van der Waals surface area contributed by atoms with Gasteiger partial charge in [0.2, 0.25) is 0 Å². The van der Waals surface area contributed by atoms with Gasteiger partial charge in [0.25, 0.3) is 5.91 Å². The molecule has 0 aliphatic carbocycles. The summed E-state index contributed by atoms with van der Waals surface area (Å²) < 4.78 is 27.2. The first-order chi connectivity index (χ1) is 10.6. The third-order valence-electron chi connectivity index (χ3n) is 3.05. The molecular formula is C15H9F2N3O2. The van der Waals surface area contributed by atoms with E-state index in [2.05, 4.69) is 15.3 Å². The van der Waals surface area contributed by atoms with Crippen molar-refractivity contribution in [3.63, 3.8) is 0 Å². The van der Waals surface area contributed by atoms with Crippen LogP contribution in [0.2, 0.25) is 0 Å². The number of carbonyl (C=O) groups excluding carboxylic acids is 1. The Kier molecular flexibility index (Phi) is 3.38. The lowest BCUT2D eigenvalue weighted by molar-refractivity contribution is 0.102. The molecule has 1 amide bonds. The van der Waals surface area contributed by atoms with E-state index in [1.165, 1.54) is 6.07 Å². The Bertz CT molecular complexity index is 917. The first kappa shape index (κ1) is 13.9. The van der Waals surface area contributed by atoms with Gasteiger partial charge in [0.05, 0.1) is 5.52 Å². The second-order valence-corrected chi connectivity index (χ2v) is 4.49. The van der Waals surface area contributed by atoms with Gasteiger partial charge in [0.15, 0.2) is 0 Å². The van der Waals surface area contributed by atoms with Crippen molar-refractivity contribution in [3.8, 4) is 0 Å². The van der Waals surface area contributed by atoms with E-state index in [0.29, 0.717) is 10.9 Å². The van der Waals surface area contributed by atoms with Crippen LogP contribution in [0.15, 0.2) is 47.3 Å². The van der Waals surface area contributed by atoms with E-state index in [-0.39, 0.29) is 5.69 Å². The quantitative estimate of drug-likeness (QED) is 0.763. The highest BCUT2D eigenvalue weighted by Crippen LogP contribution is 2.20. The third kappa shape index (κ3) is 2.44. The molecule has 110 valence electrons. The van der Waals surface area contributed by atoms with Gasteiger partial charge >= 0.3 is 5.69 Å². The molecule has 0 saturated heterocycles. The van der Waals surface area contributed by atoms with Crippen LogP contribution < -0.4 is 11.0 Å². The number of para-hydroxylation sites is 2. The number of hydrogen-bond donors (Lipinski definition) is 2. The van der Waals surface area contributed by atoms with Crippen molar-refractivity contribution in [1.82, 2.24) is 9.97 Å². The molecule has 22 heavy (non-hydrogen) atoms. The van der Waals surface area contributed by atoms with E-state index in [1.807, 2.05) is 0 Å². The fraction of sp³-hybridized carbons (Fsp3) is 0. The van der Waals surface area contributed by atoms with E-state index < -0.39 is 28.9 Å². The number of aromatic amines is 1. The van der Waals surface area contributed by atoms with Crippen molar-refractivity contribution < 1.29 is 13.6 Å². The number of hydrogen-bond acceptors (Lipinski definition) is 3. The normalized spacial score (nSPS) is 10.6. The number of fused-ring (bicyclic) bond motifs is 1. The van der Waals surface area contributed by atoms with Crippen LogP contribution in [-0.2, 0) is 0 Å². The molecule has 0 bridgehead atoms. The molecular weight excluding hydrogens is 292 g/mol. The van der Waals surface area contributed by atoms with Crippen LogP contribution in [-0.4, -0.2) is 15.9 Å². The summed E-state index contributed by atoms with van der Waals surface area (Å²) in [6.07, 6.45) is 0.